The highest BCUT2D eigenvalue weighted by atomic mass is 35.5. The van der Waals surface area contributed by atoms with Gasteiger partial charge in [0.2, 0.25) is 0 Å². The highest BCUT2D eigenvalue weighted by Crippen LogP contribution is 2.21. The Morgan fingerprint density at radius 2 is 1.95 bits per heavy atom. The van der Waals surface area contributed by atoms with Gasteiger partial charge in [-0.15, -0.1) is 0 Å². The SMILES string of the molecule is Cc1cc(Cl)ccc1NCc1cccc(OCC(C)C)c1. The summed E-state index contributed by atoms with van der Waals surface area (Å²) >= 11 is 5.97. The predicted octanol–water partition coefficient (Wildman–Crippen LogP) is 5.30. The van der Waals surface area contributed by atoms with Gasteiger partial charge in [-0.05, 0) is 54.3 Å². The van der Waals surface area contributed by atoms with Gasteiger partial charge < -0.3 is 10.1 Å². The number of aryl methyl sites for hydroxylation is 1. The van der Waals surface area contributed by atoms with E-state index >= 15 is 0 Å². The van der Waals surface area contributed by atoms with Crippen LogP contribution in [0.15, 0.2) is 42.5 Å². The molecule has 0 radical (unpaired) electrons. The first-order chi connectivity index (χ1) is 10.0. The number of hydrogen-bond acceptors (Lipinski definition) is 2. The second-order valence-corrected chi connectivity index (χ2v) is 6.10. The summed E-state index contributed by atoms with van der Waals surface area (Å²) in [6.45, 7) is 7.86. The molecule has 0 fully saturated rings. The van der Waals surface area contributed by atoms with Crippen molar-refractivity contribution in [2.75, 3.05) is 11.9 Å². The Bertz CT molecular complexity index is 596. The summed E-state index contributed by atoms with van der Waals surface area (Å²) in [6, 6.07) is 14.1. The van der Waals surface area contributed by atoms with Crippen LogP contribution in [-0.2, 0) is 6.54 Å². The lowest BCUT2D eigenvalue weighted by molar-refractivity contribution is 0.271. The topological polar surface area (TPSA) is 21.3 Å². The molecule has 112 valence electrons. The van der Waals surface area contributed by atoms with Crippen LogP contribution in [-0.4, -0.2) is 6.61 Å². The maximum Gasteiger partial charge on any atom is 0.119 e. The van der Waals surface area contributed by atoms with Gasteiger partial charge in [0, 0.05) is 17.3 Å². The minimum atomic E-state index is 0.531. The lowest BCUT2D eigenvalue weighted by atomic mass is 10.1. The van der Waals surface area contributed by atoms with Crippen molar-refractivity contribution in [3.05, 3.63) is 58.6 Å². The molecule has 2 rings (SSSR count). The van der Waals surface area contributed by atoms with Crippen LogP contribution in [0.5, 0.6) is 5.75 Å². The average molecular weight is 304 g/mol. The molecule has 1 N–H and O–H groups in total. The second kappa shape index (κ2) is 7.37. The molecular formula is C18H22ClNO. The summed E-state index contributed by atoms with van der Waals surface area (Å²) in [5.41, 5.74) is 3.45. The van der Waals surface area contributed by atoms with E-state index in [2.05, 4.69) is 38.2 Å². The Morgan fingerprint density at radius 3 is 2.67 bits per heavy atom. The molecule has 0 heterocycles. The lowest BCUT2D eigenvalue weighted by Gasteiger charge is -2.12. The molecular weight excluding hydrogens is 282 g/mol. The van der Waals surface area contributed by atoms with Crippen molar-refractivity contribution in [3.8, 4) is 5.75 Å². The van der Waals surface area contributed by atoms with E-state index < -0.39 is 0 Å². The minimum absolute atomic E-state index is 0.531. The Kier molecular flexibility index (Phi) is 5.51. The molecule has 0 spiro atoms. The number of halogens is 1. The van der Waals surface area contributed by atoms with Crippen LogP contribution in [0.2, 0.25) is 5.02 Å². The van der Waals surface area contributed by atoms with Gasteiger partial charge in [0.15, 0.2) is 0 Å². The Labute approximate surface area is 132 Å². The molecule has 21 heavy (non-hydrogen) atoms. The van der Waals surface area contributed by atoms with Crippen LogP contribution in [0.25, 0.3) is 0 Å². The third-order valence-corrected chi connectivity index (χ3v) is 3.39. The molecule has 3 heteroatoms. The minimum Gasteiger partial charge on any atom is -0.493 e. The van der Waals surface area contributed by atoms with Gasteiger partial charge in [-0.2, -0.15) is 0 Å². The van der Waals surface area contributed by atoms with Gasteiger partial charge in [0.1, 0.15) is 5.75 Å². The lowest BCUT2D eigenvalue weighted by Crippen LogP contribution is -2.05. The van der Waals surface area contributed by atoms with Crippen LogP contribution in [0.4, 0.5) is 5.69 Å². The Morgan fingerprint density at radius 1 is 1.14 bits per heavy atom. The molecule has 0 aliphatic carbocycles. The molecule has 0 saturated carbocycles. The van der Waals surface area contributed by atoms with Gasteiger partial charge >= 0.3 is 0 Å². The fourth-order valence-corrected chi connectivity index (χ4v) is 2.26. The molecule has 2 aromatic rings. The third kappa shape index (κ3) is 4.98. The van der Waals surface area contributed by atoms with E-state index in [9.17, 15) is 0 Å². The van der Waals surface area contributed by atoms with Crippen LogP contribution in [0.3, 0.4) is 0 Å². The zero-order valence-corrected chi connectivity index (χ0v) is 13.6. The number of hydrogen-bond donors (Lipinski definition) is 1. The van der Waals surface area contributed by atoms with Crippen LogP contribution in [0, 0.1) is 12.8 Å². The van der Waals surface area contributed by atoms with Crippen molar-refractivity contribution in [1.82, 2.24) is 0 Å². The number of nitrogens with one attached hydrogen (secondary N) is 1. The van der Waals surface area contributed by atoms with Crippen molar-refractivity contribution >= 4 is 17.3 Å². The van der Waals surface area contributed by atoms with E-state index in [0.717, 1.165) is 35.2 Å². The molecule has 2 aromatic carbocycles. The van der Waals surface area contributed by atoms with Gasteiger partial charge in [0.25, 0.3) is 0 Å². The zero-order valence-electron chi connectivity index (χ0n) is 12.8. The molecule has 0 bridgehead atoms. The van der Waals surface area contributed by atoms with E-state index in [0.29, 0.717) is 5.92 Å². The van der Waals surface area contributed by atoms with Crippen LogP contribution in [0.1, 0.15) is 25.0 Å². The maximum absolute atomic E-state index is 5.97. The van der Waals surface area contributed by atoms with E-state index in [4.69, 9.17) is 16.3 Å². The van der Waals surface area contributed by atoms with E-state index in [1.165, 1.54) is 5.56 Å². The molecule has 0 aliphatic rings. The van der Waals surface area contributed by atoms with Gasteiger partial charge in [-0.3, -0.25) is 0 Å². The average Bonchev–Trinajstić information content (AvgIpc) is 2.45. The number of ether oxygens (including phenoxy) is 1. The molecule has 0 amide bonds. The molecule has 2 nitrogen and oxygen atoms in total. The summed E-state index contributed by atoms with van der Waals surface area (Å²) in [4.78, 5) is 0. The fourth-order valence-electron chi connectivity index (χ4n) is 2.03. The standard InChI is InChI=1S/C18H22ClNO/c1-13(2)12-21-17-6-4-5-15(10-17)11-20-18-8-7-16(19)9-14(18)3/h4-10,13,20H,11-12H2,1-3H3. The third-order valence-electron chi connectivity index (χ3n) is 3.15. The predicted molar refractivity (Wildman–Crippen MR) is 90.3 cm³/mol. The second-order valence-electron chi connectivity index (χ2n) is 5.67. The summed E-state index contributed by atoms with van der Waals surface area (Å²) in [5, 5.41) is 4.20. The number of rotatable bonds is 6. The smallest absolute Gasteiger partial charge is 0.119 e. The molecule has 0 atom stereocenters. The quantitative estimate of drug-likeness (QED) is 0.782. The van der Waals surface area contributed by atoms with Crippen molar-refractivity contribution in [1.29, 1.82) is 0 Å². The van der Waals surface area contributed by atoms with Crippen LogP contribution < -0.4 is 10.1 Å². The van der Waals surface area contributed by atoms with Crippen molar-refractivity contribution in [3.63, 3.8) is 0 Å². The normalized spacial score (nSPS) is 10.7. The highest BCUT2D eigenvalue weighted by molar-refractivity contribution is 6.30. The first-order valence-corrected chi connectivity index (χ1v) is 7.64. The fraction of sp³-hybridized carbons (Fsp3) is 0.333. The zero-order chi connectivity index (χ0) is 15.2. The molecule has 0 aliphatic heterocycles. The monoisotopic (exact) mass is 303 g/mol. The summed E-state index contributed by atoms with van der Waals surface area (Å²) in [5.74, 6) is 1.46. The van der Waals surface area contributed by atoms with E-state index in [-0.39, 0.29) is 0 Å². The maximum atomic E-state index is 5.97. The molecule has 0 saturated heterocycles. The van der Waals surface area contributed by atoms with Gasteiger partial charge in [0.05, 0.1) is 6.61 Å². The highest BCUT2D eigenvalue weighted by Gasteiger charge is 2.01. The summed E-state index contributed by atoms with van der Waals surface area (Å²) in [6.07, 6.45) is 0. The van der Waals surface area contributed by atoms with Gasteiger partial charge in [-0.1, -0.05) is 37.6 Å². The first kappa shape index (κ1) is 15.7. The number of anilines is 1. The van der Waals surface area contributed by atoms with E-state index in [1.54, 1.807) is 0 Å². The van der Waals surface area contributed by atoms with Gasteiger partial charge in [-0.25, -0.2) is 0 Å². The summed E-state index contributed by atoms with van der Waals surface area (Å²) in [7, 11) is 0. The Balaban J connectivity index is 1.98. The van der Waals surface area contributed by atoms with Crippen molar-refractivity contribution < 1.29 is 4.74 Å². The molecule has 0 unspecified atom stereocenters. The first-order valence-electron chi connectivity index (χ1n) is 7.26. The van der Waals surface area contributed by atoms with Crippen molar-refractivity contribution in [2.45, 2.75) is 27.3 Å². The molecule has 0 aromatic heterocycles. The van der Waals surface area contributed by atoms with Crippen molar-refractivity contribution in [2.24, 2.45) is 5.92 Å². The van der Waals surface area contributed by atoms with Crippen LogP contribution >= 0.6 is 11.6 Å². The van der Waals surface area contributed by atoms with E-state index in [1.807, 2.05) is 30.3 Å². The number of benzene rings is 2. The Hall–Kier alpha value is -1.67. The largest absolute Gasteiger partial charge is 0.493 e. The summed E-state index contributed by atoms with van der Waals surface area (Å²) < 4.78 is 5.75.